The number of carbonyl (C=O) groups excluding carboxylic acids is 2. The monoisotopic (exact) mass is 657 g/mol. The zero-order chi connectivity index (χ0) is 32.7. The van der Waals surface area contributed by atoms with E-state index in [0.717, 1.165) is 42.4 Å². The maximum absolute atomic E-state index is 14.7. The van der Waals surface area contributed by atoms with Crippen molar-refractivity contribution in [3.05, 3.63) is 130 Å². The van der Waals surface area contributed by atoms with Crippen LogP contribution in [0.5, 0.6) is 0 Å². The maximum atomic E-state index is 14.7. The largest absolute Gasteiger partial charge is 0.352 e. The second-order valence-corrected chi connectivity index (χ2v) is 14.1. The first-order valence-electron chi connectivity index (χ1n) is 15.7. The number of sulfonamides is 1. The Morgan fingerprint density at radius 3 is 2.15 bits per heavy atom. The van der Waals surface area contributed by atoms with Crippen LogP contribution in [0.1, 0.15) is 47.9 Å². The number of carbonyl (C=O) groups is 2. The Bertz CT molecular complexity index is 1760. The summed E-state index contributed by atoms with van der Waals surface area (Å²) in [7, 11) is -4.17. The number of rotatable bonds is 12. The van der Waals surface area contributed by atoms with Crippen LogP contribution < -0.4 is 9.62 Å². The first-order chi connectivity index (χ1) is 22.1. The molecule has 0 saturated heterocycles. The number of amides is 2. The number of benzene rings is 4. The summed E-state index contributed by atoms with van der Waals surface area (Å²) in [5.74, 6) is -0.775. The van der Waals surface area contributed by atoms with E-state index in [4.69, 9.17) is 11.6 Å². The predicted molar refractivity (Wildman–Crippen MR) is 183 cm³/mol. The van der Waals surface area contributed by atoms with E-state index in [9.17, 15) is 18.0 Å². The van der Waals surface area contributed by atoms with E-state index in [2.05, 4.69) is 5.32 Å². The summed E-state index contributed by atoms with van der Waals surface area (Å²) >= 11 is 6.60. The summed E-state index contributed by atoms with van der Waals surface area (Å²) in [6.07, 6.45) is 4.11. The van der Waals surface area contributed by atoms with Gasteiger partial charge in [0.05, 0.1) is 10.6 Å². The van der Waals surface area contributed by atoms with Crippen LogP contribution in [-0.4, -0.2) is 43.8 Å². The summed E-state index contributed by atoms with van der Waals surface area (Å²) in [5, 5.41) is 3.65. The molecular weight excluding hydrogens is 618 g/mol. The third-order valence-electron chi connectivity index (χ3n) is 8.73. The summed E-state index contributed by atoms with van der Waals surface area (Å²) < 4.78 is 29.7. The highest BCUT2D eigenvalue weighted by Gasteiger charge is 2.36. The minimum Gasteiger partial charge on any atom is -0.352 e. The normalized spacial score (nSPS) is 14.1. The van der Waals surface area contributed by atoms with E-state index in [0.29, 0.717) is 16.3 Å². The second kappa shape index (κ2) is 15.0. The van der Waals surface area contributed by atoms with Crippen LogP contribution in [0.3, 0.4) is 0 Å². The van der Waals surface area contributed by atoms with Gasteiger partial charge >= 0.3 is 0 Å². The number of halogens is 1. The fraction of sp³-hybridized carbons (Fsp3) is 0.297. The number of nitrogens with one attached hydrogen (secondary N) is 1. The molecule has 46 heavy (non-hydrogen) atoms. The molecule has 1 fully saturated rings. The van der Waals surface area contributed by atoms with Gasteiger partial charge < -0.3 is 10.2 Å². The van der Waals surface area contributed by atoms with Crippen LogP contribution in [0.4, 0.5) is 5.69 Å². The van der Waals surface area contributed by atoms with Crippen LogP contribution in [-0.2, 0) is 32.6 Å². The van der Waals surface area contributed by atoms with Crippen molar-refractivity contribution >= 4 is 39.1 Å². The predicted octanol–water partition coefficient (Wildman–Crippen LogP) is 6.85. The molecule has 9 heteroatoms. The van der Waals surface area contributed by atoms with Crippen molar-refractivity contribution in [2.24, 2.45) is 0 Å². The Labute approximate surface area is 277 Å². The lowest BCUT2D eigenvalue weighted by atomic mass is 10.0. The van der Waals surface area contributed by atoms with Crippen molar-refractivity contribution in [2.75, 3.05) is 10.8 Å². The molecule has 1 N–H and O–H groups in total. The number of hydrogen-bond donors (Lipinski definition) is 1. The van der Waals surface area contributed by atoms with Crippen LogP contribution in [0.25, 0.3) is 0 Å². The summed E-state index contributed by atoms with van der Waals surface area (Å²) in [6, 6.07) is 29.4. The highest BCUT2D eigenvalue weighted by molar-refractivity contribution is 7.92. The molecule has 1 atom stereocenters. The molecule has 0 spiro atoms. The fourth-order valence-corrected chi connectivity index (χ4v) is 7.66. The zero-order valence-corrected chi connectivity index (χ0v) is 27.8. The van der Waals surface area contributed by atoms with Crippen molar-refractivity contribution in [3.63, 3.8) is 0 Å². The molecule has 0 aliphatic heterocycles. The molecular formula is C37H40ClN3O4S. The lowest BCUT2D eigenvalue weighted by Crippen LogP contribution is -2.54. The number of hydrogen-bond acceptors (Lipinski definition) is 4. The Morgan fingerprint density at radius 1 is 0.848 bits per heavy atom. The molecule has 0 aromatic heterocycles. The summed E-state index contributed by atoms with van der Waals surface area (Å²) in [6.45, 7) is 3.27. The Morgan fingerprint density at radius 2 is 1.48 bits per heavy atom. The standard InChI is InChI=1S/C37H40ClN3O4S/c1-27-14-13-23-34(28(27)2)41(46(44,45)32-20-7-4-8-21-32)26-36(42)40(25-30-17-9-12-22-33(30)38)35(24-29-15-5-3-6-16-29)37(43)39-31-18-10-11-19-31/h3-9,12-17,20-23,31,35H,10-11,18-19,24-26H2,1-2H3,(H,39,43)/t35-/m1/s1. The third-order valence-corrected chi connectivity index (χ3v) is 10.9. The molecule has 4 aromatic rings. The van der Waals surface area contributed by atoms with Gasteiger partial charge in [0, 0.05) is 24.0 Å². The molecule has 1 saturated carbocycles. The molecule has 7 nitrogen and oxygen atoms in total. The first kappa shape index (κ1) is 33.2. The van der Waals surface area contributed by atoms with Gasteiger partial charge in [-0.3, -0.25) is 13.9 Å². The van der Waals surface area contributed by atoms with Crippen LogP contribution in [0, 0.1) is 13.8 Å². The van der Waals surface area contributed by atoms with Gasteiger partial charge in [0.25, 0.3) is 10.0 Å². The average molecular weight is 658 g/mol. The van der Waals surface area contributed by atoms with Gasteiger partial charge in [-0.2, -0.15) is 0 Å². The topological polar surface area (TPSA) is 86.8 Å². The minimum atomic E-state index is -4.17. The van der Waals surface area contributed by atoms with Crippen molar-refractivity contribution < 1.29 is 18.0 Å². The molecule has 1 aliphatic carbocycles. The van der Waals surface area contributed by atoms with Gasteiger partial charge in [0.1, 0.15) is 12.6 Å². The minimum absolute atomic E-state index is 0.0279. The maximum Gasteiger partial charge on any atom is 0.264 e. The highest BCUT2D eigenvalue weighted by atomic mass is 35.5. The van der Waals surface area contributed by atoms with E-state index in [1.807, 2.05) is 62.4 Å². The highest BCUT2D eigenvalue weighted by Crippen LogP contribution is 2.30. The molecule has 240 valence electrons. The van der Waals surface area contributed by atoms with Crippen LogP contribution in [0.2, 0.25) is 5.02 Å². The van der Waals surface area contributed by atoms with Crippen LogP contribution in [0.15, 0.2) is 108 Å². The van der Waals surface area contributed by atoms with Crippen molar-refractivity contribution in [2.45, 2.75) is 69.5 Å². The molecule has 1 aliphatic rings. The number of nitrogens with zero attached hydrogens (tertiary/aromatic N) is 2. The van der Waals surface area contributed by atoms with Crippen LogP contribution >= 0.6 is 11.6 Å². The van der Waals surface area contributed by atoms with Crippen molar-refractivity contribution in [3.8, 4) is 0 Å². The van der Waals surface area contributed by atoms with Gasteiger partial charge in [0.15, 0.2) is 0 Å². The zero-order valence-electron chi connectivity index (χ0n) is 26.2. The summed E-state index contributed by atoms with van der Waals surface area (Å²) in [5.41, 5.74) is 3.59. The van der Waals surface area contributed by atoms with Gasteiger partial charge in [-0.05, 0) is 73.2 Å². The average Bonchev–Trinajstić information content (AvgIpc) is 3.57. The van der Waals surface area contributed by atoms with E-state index in [1.54, 1.807) is 42.5 Å². The van der Waals surface area contributed by atoms with E-state index < -0.39 is 28.5 Å². The number of anilines is 1. The Hall–Kier alpha value is -4.14. The van der Waals surface area contributed by atoms with Gasteiger partial charge in [-0.25, -0.2) is 8.42 Å². The molecule has 0 bridgehead atoms. The fourth-order valence-electron chi connectivity index (χ4n) is 5.97. The van der Waals surface area contributed by atoms with Gasteiger partial charge in [0.2, 0.25) is 11.8 Å². The molecule has 4 aromatic carbocycles. The summed E-state index contributed by atoms with van der Waals surface area (Å²) in [4.78, 5) is 30.4. The van der Waals surface area contributed by atoms with Crippen molar-refractivity contribution in [1.82, 2.24) is 10.2 Å². The molecule has 2 amide bonds. The van der Waals surface area contributed by atoms with E-state index in [1.165, 1.54) is 21.3 Å². The Balaban J connectivity index is 1.59. The van der Waals surface area contributed by atoms with E-state index in [-0.39, 0.29) is 29.8 Å². The quantitative estimate of drug-likeness (QED) is 0.181. The van der Waals surface area contributed by atoms with Gasteiger partial charge in [-0.15, -0.1) is 0 Å². The lowest BCUT2D eigenvalue weighted by Gasteiger charge is -2.35. The second-order valence-electron chi connectivity index (χ2n) is 11.9. The Kier molecular flexibility index (Phi) is 10.8. The smallest absolute Gasteiger partial charge is 0.264 e. The first-order valence-corrected chi connectivity index (χ1v) is 17.5. The molecule has 0 unspecified atom stereocenters. The SMILES string of the molecule is Cc1cccc(N(CC(=O)N(Cc2ccccc2Cl)[C@H](Cc2ccccc2)C(=O)NC2CCCC2)S(=O)(=O)c2ccccc2)c1C. The van der Waals surface area contributed by atoms with Gasteiger partial charge in [-0.1, -0.05) is 103 Å². The molecule has 0 heterocycles. The number of aryl methyl sites for hydroxylation is 1. The third kappa shape index (κ3) is 7.80. The van der Waals surface area contributed by atoms with Crippen molar-refractivity contribution in [1.29, 1.82) is 0 Å². The molecule has 5 rings (SSSR count). The van der Waals surface area contributed by atoms with E-state index >= 15 is 0 Å². The molecule has 0 radical (unpaired) electrons. The lowest BCUT2D eigenvalue weighted by molar-refractivity contribution is -0.140.